The number of aliphatic imine (C=N–C) groups is 1. The molecule has 27 heavy (non-hydrogen) atoms. The van der Waals surface area contributed by atoms with E-state index in [2.05, 4.69) is 39.6 Å². The van der Waals surface area contributed by atoms with Crippen molar-refractivity contribution in [2.75, 3.05) is 26.8 Å². The van der Waals surface area contributed by atoms with E-state index in [1.54, 1.807) is 7.11 Å². The first-order valence-electron chi connectivity index (χ1n) is 9.19. The summed E-state index contributed by atoms with van der Waals surface area (Å²) < 4.78 is 10.4. The van der Waals surface area contributed by atoms with Gasteiger partial charge in [0.15, 0.2) is 11.8 Å². The van der Waals surface area contributed by atoms with E-state index in [0.29, 0.717) is 12.4 Å². The number of halogens is 1. The molecule has 2 N–H and O–H groups in total. The molecule has 0 aliphatic heterocycles. The van der Waals surface area contributed by atoms with Gasteiger partial charge in [-0.25, -0.2) is 4.99 Å². The summed E-state index contributed by atoms with van der Waals surface area (Å²) in [5.41, 5.74) is 2.01. The number of aryl methyl sites for hydroxylation is 1. The highest BCUT2D eigenvalue weighted by Crippen LogP contribution is 2.19. The second kappa shape index (κ2) is 13.5. The van der Waals surface area contributed by atoms with Gasteiger partial charge in [0, 0.05) is 38.8 Å². The molecule has 0 amide bonds. The normalized spacial score (nSPS) is 11.1. The third-order valence-corrected chi connectivity index (χ3v) is 3.70. The lowest BCUT2D eigenvalue weighted by Crippen LogP contribution is -2.38. The fraction of sp³-hybridized carbons (Fsp3) is 0.526. The van der Waals surface area contributed by atoms with Gasteiger partial charge >= 0.3 is 0 Å². The molecule has 0 unspecified atom stereocenters. The fourth-order valence-corrected chi connectivity index (χ4v) is 2.43. The van der Waals surface area contributed by atoms with Crippen LogP contribution in [0.1, 0.15) is 38.1 Å². The van der Waals surface area contributed by atoms with Gasteiger partial charge in [-0.1, -0.05) is 24.2 Å². The molecule has 0 spiro atoms. The predicted molar refractivity (Wildman–Crippen MR) is 118 cm³/mol. The predicted octanol–water partition coefficient (Wildman–Crippen LogP) is 3.40. The number of nitrogens with zero attached hydrogens (tertiary/aromatic N) is 3. The van der Waals surface area contributed by atoms with Gasteiger partial charge in [-0.2, -0.15) is 4.98 Å². The molecule has 0 aliphatic carbocycles. The van der Waals surface area contributed by atoms with Gasteiger partial charge in [0.05, 0.1) is 6.54 Å². The molecule has 0 radical (unpaired) electrons. The first kappa shape index (κ1) is 23.4. The molecule has 7 nitrogen and oxygen atoms in total. The van der Waals surface area contributed by atoms with Gasteiger partial charge in [0.25, 0.3) is 5.89 Å². The van der Waals surface area contributed by atoms with Gasteiger partial charge < -0.3 is 19.9 Å². The van der Waals surface area contributed by atoms with Crippen LogP contribution >= 0.6 is 24.0 Å². The minimum absolute atomic E-state index is 0. The van der Waals surface area contributed by atoms with Crippen LogP contribution in [-0.2, 0) is 17.7 Å². The number of nitrogens with one attached hydrogen (secondary N) is 2. The molecule has 2 rings (SSSR count). The van der Waals surface area contributed by atoms with Crippen molar-refractivity contribution in [1.29, 1.82) is 0 Å². The summed E-state index contributed by atoms with van der Waals surface area (Å²) in [6, 6.07) is 8.06. The smallest absolute Gasteiger partial charge is 0.257 e. The molecule has 150 valence electrons. The maximum atomic E-state index is 5.37. The van der Waals surface area contributed by atoms with Crippen molar-refractivity contribution in [3.63, 3.8) is 0 Å². The van der Waals surface area contributed by atoms with E-state index >= 15 is 0 Å². The van der Waals surface area contributed by atoms with Gasteiger partial charge in [-0.3, -0.25) is 0 Å². The lowest BCUT2D eigenvalue weighted by Gasteiger charge is -2.11. The molecule has 0 atom stereocenters. The van der Waals surface area contributed by atoms with Crippen LogP contribution in [0, 0.1) is 0 Å². The first-order chi connectivity index (χ1) is 12.8. The number of guanidine groups is 1. The first-order valence-corrected chi connectivity index (χ1v) is 9.19. The Morgan fingerprint density at radius 3 is 2.85 bits per heavy atom. The molecular formula is C19H30IN5O2. The zero-order valence-electron chi connectivity index (χ0n) is 16.3. The Kier molecular flexibility index (Phi) is 11.7. The van der Waals surface area contributed by atoms with Crippen LogP contribution in [-0.4, -0.2) is 42.9 Å². The zero-order valence-corrected chi connectivity index (χ0v) is 18.7. The molecule has 1 aromatic carbocycles. The van der Waals surface area contributed by atoms with E-state index in [4.69, 9.17) is 9.26 Å². The topological polar surface area (TPSA) is 84.6 Å². The Morgan fingerprint density at radius 2 is 2.11 bits per heavy atom. The monoisotopic (exact) mass is 487 g/mol. The molecule has 0 saturated heterocycles. The van der Waals surface area contributed by atoms with Crippen LogP contribution in [0.25, 0.3) is 11.5 Å². The van der Waals surface area contributed by atoms with Crippen LogP contribution in [0.4, 0.5) is 0 Å². The Balaban J connectivity index is 0.00000364. The van der Waals surface area contributed by atoms with Crippen molar-refractivity contribution in [2.45, 2.75) is 39.7 Å². The minimum Gasteiger partial charge on any atom is -0.385 e. The van der Waals surface area contributed by atoms with Crippen molar-refractivity contribution < 1.29 is 9.26 Å². The van der Waals surface area contributed by atoms with Gasteiger partial charge in [0.1, 0.15) is 0 Å². The largest absolute Gasteiger partial charge is 0.385 e. The van der Waals surface area contributed by atoms with Crippen molar-refractivity contribution in [2.24, 2.45) is 4.99 Å². The SMILES string of the molecule is CCCc1noc(-c2cccc(CN=C(NCC)NCCCOC)c2)n1.I. The lowest BCUT2D eigenvalue weighted by molar-refractivity contribution is 0.195. The highest BCUT2D eigenvalue weighted by atomic mass is 127. The molecule has 1 aromatic heterocycles. The average molecular weight is 487 g/mol. The van der Waals surface area contributed by atoms with Gasteiger partial charge in [-0.05, 0) is 37.5 Å². The summed E-state index contributed by atoms with van der Waals surface area (Å²) in [6.45, 7) is 7.10. The maximum absolute atomic E-state index is 5.37. The Morgan fingerprint density at radius 1 is 1.26 bits per heavy atom. The summed E-state index contributed by atoms with van der Waals surface area (Å²) in [7, 11) is 1.71. The Hall–Kier alpha value is -1.68. The molecule has 0 fully saturated rings. The molecule has 0 saturated carbocycles. The summed E-state index contributed by atoms with van der Waals surface area (Å²) in [5.74, 6) is 2.11. The summed E-state index contributed by atoms with van der Waals surface area (Å²) in [4.78, 5) is 9.08. The highest BCUT2D eigenvalue weighted by molar-refractivity contribution is 14.0. The van der Waals surface area contributed by atoms with E-state index in [0.717, 1.165) is 61.9 Å². The fourth-order valence-electron chi connectivity index (χ4n) is 2.43. The number of benzene rings is 1. The van der Waals surface area contributed by atoms with Crippen molar-refractivity contribution >= 4 is 29.9 Å². The number of hydrogen-bond acceptors (Lipinski definition) is 5. The van der Waals surface area contributed by atoms with E-state index in [1.807, 2.05) is 24.3 Å². The summed E-state index contributed by atoms with van der Waals surface area (Å²) in [5, 5.41) is 10.6. The van der Waals surface area contributed by atoms with E-state index < -0.39 is 0 Å². The molecule has 0 bridgehead atoms. The van der Waals surface area contributed by atoms with Crippen LogP contribution in [0.3, 0.4) is 0 Å². The molecule has 2 aromatic rings. The second-order valence-corrected chi connectivity index (χ2v) is 5.93. The average Bonchev–Trinajstić information content (AvgIpc) is 3.12. The van der Waals surface area contributed by atoms with Gasteiger partial charge in [-0.15, -0.1) is 24.0 Å². The van der Waals surface area contributed by atoms with Crippen molar-refractivity contribution in [1.82, 2.24) is 20.8 Å². The number of rotatable bonds is 10. The van der Waals surface area contributed by atoms with Gasteiger partial charge in [0.2, 0.25) is 0 Å². The Labute approximate surface area is 178 Å². The summed E-state index contributed by atoms with van der Waals surface area (Å²) >= 11 is 0. The number of aromatic nitrogens is 2. The standard InChI is InChI=1S/C19H29N5O2.HI/c1-4-8-17-23-18(26-24-17)16-10-6-9-15(13-16)14-22-19(20-5-2)21-11-7-12-25-3;/h6,9-10,13H,4-5,7-8,11-12,14H2,1-3H3,(H2,20,21,22);1H. The van der Waals surface area contributed by atoms with Crippen LogP contribution in [0.5, 0.6) is 0 Å². The third kappa shape index (κ3) is 8.25. The highest BCUT2D eigenvalue weighted by Gasteiger charge is 2.08. The zero-order chi connectivity index (χ0) is 18.6. The summed E-state index contributed by atoms with van der Waals surface area (Å²) in [6.07, 6.45) is 2.76. The van der Waals surface area contributed by atoms with E-state index in [9.17, 15) is 0 Å². The van der Waals surface area contributed by atoms with E-state index in [1.165, 1.54) is 0 Å². The third-order valence-electron chi connectivity index (χ3n) is 3.70. The molecule has 0 aliphatic rings. The quantitative estimate of drug-likeness (QED) is 0.231. The number of ether oxygens (including phenoxy) is 1. The Bertz CT molecular complexity index is 690. The number of methoxy groups -OCH3 is 1. The molecule has 8 heteroatoms. The van der Waals surface area contributed by atoms with Crippen LogP contribution < -0.4 is 10.6 Å². The van der Waals surface area contributed by atoms with E-state index in [-0.39, 0.29) is 24.0 Å². The van der Waals surface area contributed by atoms with Crippen molar-refractivity contribution in [3.05, 3.63) is 35.7 Å². The maximum Gasteiger partial charge on any atom is 0.257 e. The second-order valence-electron chi connectivity index (χ2n) is 5.93. The minimum atomic E-state index is 0. The number of hydrogen-bond donors (Lipinski definition) is 2. The van der Waals surface area contributed by atoms with Crippen molar-refractivity contribution in [3.8, 4) is 11.5 Å². The van der Waals surface area contributed by atoms with Crippen LogP contribution in [0.2, 0.25) is 0 Å². The van der Waals surface area contributed by atoms with Crippen LogP contribution in [0.15, 0.2) is 33.8 Å². The lowest BCUT2D eigenvalue weighted by atomic mass is 10.1. The molecular weight excluding hydrogens is 457 g/mol. The molecule has 1 heterocycles.